The summed E-state index contributed by atoms with van der Waals surface area (Å²) < 4.78 is 0. The van der Waals surface area contributed by atoms with Gasteiger partial charge in [-0.25, -0.2) is 0 Å². The van der Waals surface area contributed by atoms with E-state index in [-0.39, 0.29) is 0 Å². The predicted molar refractivity (Wildman–Crippen MR) is 102 cm³/mol. The highest BCUT2D eigenvalue weighted by Gasteiger charge is 2.12. The zero-order chi connectivity index (χ0) is 16.9. The van der Waals surface area contributed by atoms with Gasteiger partial charge in [-0.1, -0.05) is 78.2 Å². The highest BCUT2D eigenvalue weighted by molar-refractivity contribution is 5.45. The summed E-state index contributed by atoms with van der Waals surface area (Å²) in [6.45, 7) is 6.76. The normalized spacial score (nSPS) is 11.1. The van der Waals surface area contributed by atoms with Crippen LogP contribution in [0, 0.1) is 0 Å². The van der Waals surface area contributed by atoms with E-state index in [1.165, 1.54) is 80.9 Å². The van der Waals surface area contributed by atoms with E-state index in [0.717, 1.165) is 19.3 Å². The van der Waals surface area contributed by atoms with Crippen molar-refractivity contribution in [2.45, 2.75) is 104 Å². The Hall–Kier alpha value is -0.980. The average Bonchev–Trinajstić information content (AvgIpc) is 2.55. The van der Waals surface area contributed by atoms with Crippen LogP contribution < -0.4 is 0 Å². The third-order valence-electron chi connectivity index (χ3n) is 4.83. The van der Waals surface area contributed by atoms with Crippen molar-refractivity contribution in [3.05, 3.63) is 28.8 Å². The fraction of sp³-hybridized carbons (Fsp3) is 0.727. The predicted octanol–water partition coefficient (Wildman–Crippen LogP) is 6.98. The van der Waals surface area contributed by atoms with Crippen molar-refractivity contribution in [2.75, 3.05) is 0 Å². The second kappa shape index (κ2) is 12.4. The zero-order valence-corrected chi connectivity index (χ0v) is 15.8. The summed E-state index contributed by atoms with van der Waals surface area (Å²) in [5, 5.41) is 10.4. The maximum absolute atomic E-state index is 10.4. The van der Waals surface area contributed by atoms with Gasteiger partial charge in [-0.15, -0.1) is 0 Å². The molecule has 0 heterocycles. The quantitative estimate of drug-likeness (QED) is 0.389. The maximum Gasteiger partial charge on any atom is 0.119 e. The Morgan fingerprint density at radius 2 is 1.22 bits per heavy atom. The van der Waals surface area contributed by atoms with Gasteiger partial charge >= 0.3 is 0 Å². The van der Waals surface area contributed by atoms with E-state index in [1.54, 1.807) is 0 Å². The molecule has 0 aliphatic carbocycles. The Kier molecular flexibility index (Phi) is 10.9. The molecule has 1 nitrogen and oxygen atoms in total. The maximum atomic E-state index is 10.4. The summed E-state index contributed by atoms with van der Waals surface area (Å²) in [6, 6.07) is 4.08. The molecule has 0 aliphatic heterocycles. The van der Waals surface area contributed by atoms with Crippen molar-refractivity contribution in [3.8, 4) is 5.75 Å². The number of hydrogen-bond donors (Lipinski definition) is 1. The molecule has 0 fully saturated rings. The lowest BCUT2D eigenvalue weighted by atomic mass is 9.90. The van der Waals surface area contributed by atoms with E-state index in [2.05, 4.69) is 26.8 Å². The number of hydrogen-bond acceptors (Lipinski definition) is 1. The van der Waals surface area contributed by atoms with Crippen LogP contribution in [0.2, 0.25) is 0 Å². The van der Waals surface area contributed by atoms with Gasteiger partial charge in [0.05, 0.1) is 0 Å². The molecule has 132 valence electrons. The summed E-state index contributed by atoms with van der Waals surface area (Å²) in [7, 11) is 0. The van der Waals surface area contributed by atoms with Gasteiger partial charge in [0.2, 0.25) is 0 Å². The number of benzene rings is 1. The number of phenols is 1. The molecule has 1 aromatic carbocycles. The van der Waals surface area contributed by atoms with E-state index in [1.807, 2.05) is 6.07 Å². The van der Waals surface area contributed by atoms with Gasteiger partial charge in [-0.2, -0.15) is 0 Å². The van der Waals surface area contributed by atoms with E-state index in [4.69, 9.17) is 0 Å². The molecule has 0 spiro atoms. The molecule has 23 heavy (non-hydrogen) atoms. The molecule has 1 rings (SSSR count). The van der Waals surface area contributed by atoms with Crippen LogP contribution in [0.1, 0.15) is 102 Å². The fourth-order valence-electron chi connectivity index (χ4n) is 3.44. The number of phenolic OH excluding ortho intramolecular Hbond substituents is 1. The molecule has 0 saturated carbocycles. The standard InChI is InChI=1S/C22H38O/c1-4-7-9-10-11-12-13-16-21-20(15-8-5-2)19(14-6-3)17-18-22(21)23/h17-18,23H,4-16H2,1-3H3. The zero-order valence-electron chi connectivity index (χ0n) is 15.8. The van der Waals surface area contributed by atoms with Gasteiger partial charge in [0.25, 0.3) is 0 Å². The molecule has 0 atom stereocenters. The minimum absolute atomic E-state index is 0.530. The monoisotopic (exact) mass is 318 g/mol. The molecule has 0 saturated heterocycles. The second-order valence-corrected chi connectivity index (χ2v) is 6.93. The Balaban J connectivity index is 2.61. The van der Waals surface area contributed by atoms with Gasteiger partial charge in [0.15, 0.2) is 0 Å². The summed E-state index contributed by atoms with van der Waals surface area (Å²) in [6.07, 6.45) is 16.3. The van der Waals surface area contributed by atoms with Gasteiger partial charge < -0.3 is 5.11 Å². The largest absolute Gasteiger partial charge is 0.508 e. The summed E-state index contributed by atoms with van der Waals surface area (Å²) in [4.78, 5) is 0. The molecule has 0 radical (unpaired) electrons. The Morgan fingerprint density at radius 1 is 0.609 bits per heavy atom. The molecule has 1 N–H and O–H groups in total. The summed E-state index contributed by atoms with van der Waals surface area (Å²) in [5.74, 6) is 0.530. The SMILES string of the molecule is CCCCCCCCCc1c(O)ccc(CCC)c1CCCC. The van der Waals surface area contributed by atoms with Crippen molar-refractivity contribution in [1.82, 2.24) is 0 Å². The van der Waals surface area contributed by atoms with Crippen molar-refractivity contribution in [3.63, 3.8) is 0 Å². The smallest absolute Gasteiger partial charge is 0.119 e. The molecule has 0 aromatic heterocycles. The van der Waals surface area contributed by atoms with Gasteiger partial charge in [-0.05, 0) is 54.9 Å². The van der Waals surface area contributed by atoms with E-state index < -0.39 is 0 Å². The average molecular weight is 319 g/mol. The third-order valence-corrected chi connectivity index (χ3v) is 4.83. The Morgan fingerprint density at radius 3 is 1.87 bits per heavy atom. The van der Waals surface area contributed by atoms with Crippen molar-refractivity contribution in [2.24, 2.45) is 0 Å². The van der Waals surface area contributed by atoms with E-state index in [9.17, 15) is 5.11 Å². The summed E-state index contributed by atoms with van der Waals surface area (Å²) in [5.41, 5.74) is 4.18. The van der Waals surface area contributed by atoms with E-state index in [0.29, 0.717) is 5.75 Å². The number of unbranched alkanes of at least 4 members (excludes halogenated alkanes) is 7. The highest BCUT2D eigenvalue weighted by atomic mass is 16.3. The van der Waals surface area contributed by atoms with Crippen LogP contribution in [0.25, 0.3) is 0 Å². The molecular weight excluding hydrogens is 280 g/mol. The number of aromatic hydroxyl groups is 1. The van der Waals surface area contributed by atoms with Crippen LogP contribution in [-0.4, -0.2) is 5.11 Å². The van der Waals surface area contributed by atoms with Crippen LogP contribution in [0.5, 0.6) is 5.75 Å². The first-order valence-electron chi connectivity index (χ1n) is 10.1. The first-order valence-corrected chi connectivity index (χ1v) is 10.1. The van der Waals surface area contributed by atoms with Crippen LogP contribution in [0.3, 0.4) is 0 Å². The Bertz CT molecular complexity index is 422. The van der Waals surface area contributed by atoms with Crippen molar-refractivity contribution in [1.29, 1.82) is 0 Å². The van der Waals surface area contributed by atoms with Gasteiger partial charge in [-0.3, -0.25) is 0 Å². The molecule has 0 bridgehead atoms. The van der Waals surface area contributed by atoms with E-state index >= 15 is 0 Å². The number of aryl methyl sites for hydroxylation is 1. The fourth-order valence-corrected chi connectivity index (χ4v) is 3.44. The van der Waals surface area contributed by atoms with Crippen LogP contribution in [-0.2, 0) is 19.3 Å². The molecule has 1 aromatic rings. The minimum atomic E-state index is 0.530. The minimum Gasteiger partial charge on any atom is -0.508 e. The Labute approximate surface area is 144 Å². The lowest BCUT2D eigenvalue weighted by Gasteiger charge is -2.16. The lowest BCUT2D eigenvalue weighted by Crippen LogP contribution is -2.02. The molecule has 0 unspecified atom stereocenters. The van der Waals surface area contributed by atoms with Crippen LogP contribution in [0.15, 0.2) is 12.1 Å². The van der Waals surface area contributed by atoms with Crippen LogP contribution in [0.4, 0.5) is 0 Å². The highest BCUT2D eigenvalue weighted by Crippen LogP contribution is 2.29. The second-order valence-electron chi connectivity index (χ2n) is 6.93. The van der Waals surface area contributed by atoms with Gasteiger partial charge in [0.1, 0.15) is 5.75 Å². The summed E-state index contributed by atoms with van der Waals surface area (Å²) >= 11 is 0. The lowest BCUT2D eigenvalue weighted by molar-refractivity contribution is 0.463. The van der Waals surface area contributed by atoms with Gasteiger partial charge in [0, 0.05) is 0 Å². The molecule has 0 amide bonds. The topological polar surface area (TPSA) is 20.2 Å². The molecular formula is C22H38O. The van der Waals surface area contributed by atoms with Crippen LogP contribution >= 0.6 is 0 Å². The molecule has 1 heteroatoms. The van der Waals surface area contributed by atoms with Crippen molar-refractivity contribution >= 4 is 0 Å². The van der Waals surface area contributed by atoms with Crippen molar-refractivity contribution < 1.29 is 5.11 Å². The first-order chi connectivity index (χ1) is 11.2. The number of rotatable bonds is 13. The third kappa shape index (κ3) is 7.42. The first kappa shape index (κ1) is 20.1. The molecule has 0 aliphatic rings.